The number of carbonyl (C=O) groups excluding carboxylic acids is 1. The molecule has 0 bridgehead atoms. The Morgan fingerprint density at radius 3 is 2.72 bits per heavy atom. The van der Waals surface area contributed by atoms with Crippen molar-refractivity contribution in [1.29, 1.82) is 0 Å². The van der Waals surface area contributed by atoms with E-state index in [4.69, 9.17) is 9.47 Å². The molecule has 4 aromatic rings. The molecule has 1 N–H and O–H groups in total. The molecule has 3 aromatic carbocycles. The number of hydrogen-bond donors (Lipinski definition) is 1. The summed E-state index contributed by atoms with van der Waals surface area (Å²) in [6.07, 6.45) is 0. The predicted molar refractivity (Wildman–Crippen MR) is 108 cm³/mol. The number of ether oxygens (including phenoxy) is 2. The molecule has 0 atom stereocenters. The minimum absolute atomic E-state index is 0.196. The number of aromatic nitrogens is 3. The van der Waals surface area contributed by atoms with Crippen LogP contribution in [-0.4, -0.2) is 27.7 Å². The number of aryl methyl sites for hydroxylation is 1. The second-order valence-electron chi connectivity index (χ2n) is 6.96. The van der Waals surface area contributed by atoms with E-state index in [0.717, 1.165) is 11.1 Å². The highest BCUT2D eigenvalue weighted by Gasteiger charge is 2.15. The van der Waals surface area contributed by atoms with Crippen molar-refractivity contribution < 1.29 is 14.3 Å². The third-order valence-electron chi connectivity index (χ3n) is 4.86. The first kappa shape index (κ1) is 17.2. The Kier molecular flexibility index (Phi) is 4.13. The summed E-state index contributed by atoms with van der Waals surface area (Å²) in [7, 11) is 0. The molecule has 144 valence electrons. The smallest absolute Gasteiger partial charge is 0.255 e. The number of nitrogens with zero attached hydrogens (tertiary/aromatic N) is 3. The highest BCUT2D eigenvalue weighted by atomic mass is 16.7. The van der Waals surface area contributed by atoms with Crippen LogP contribution in [-0.2, 0) is 6.54 Å². The minimum Gasteiger partial charge on any atom is -0.454 e. The average molecular weight is 386 g/mol. The average Bonchev–Trinajstić information content (AvgIpc) is 3.36. The fourth-order valence-corrected chi connectivity index (χ4v) is 3.27. The zero-order valence-corrected chi connectivity index (χ0v) is 15.8. The van der Waals surface area contributed by atoms with Gasteiger partial charge in [0.05, 0.1) is 12.1 Å². The minimum atomic E-state index is -0.223. The Labute approximate surface area is 166 Å². The molecular weight excluding hydrogens is 368 g/mol. The fraction of sp³-hybridized carbons (Fsp3) is 0.136. The van der Waals surface area contributed by atoms with Crippen LogP contribution in [0, 0.1) is 6.92 Å². The van der Waals surface area contributed by atoms with Gasteiger partial charge in [0.25, 0.3) is 5.91 Å². The van der Waals surface area contributed by atoms with Crippen molar-refractivity contribution in [2.75, 3.05) is 12.1 Å². The topological polar surface area (TPSA) is 78.3 Å². The van der Waals surface area contributed by atoms with Gasteiger partial charge in [-0.15, -0.1) is 5.10 Å². The van der Waals surface area contributed by atoms with Gasteiger partial charge >= 0.3 is 0 Å². The van der Waals surface area contributed by atoms with E-state index in [1.165, 1.54) is 5.56 Å². The molecule has 0 spiro atoms. The lowest BCUT2D eigenvalue weighted by Gasteiger charge is -2.07. The lowest BCUT2D eigenvalue weighted by atomic mass is 10.1. The molecule has 1 aliphatic heterocycles. The maximum atomic E-state index is 12.6. The number of rotatable bonds is 4. The van der Waals surface area contributed by atoms with Crippen molar-refractivity contribution in [2.24, 2.45) is 0 Å². The molecule has 0 unspecified atom stereocenters. The van der Waals surface area contributed by atoms with Crippen LogP contribution in [0.3, 0.4) is 0 Å². The van der Waals surface area contributed by atoms with E-state index >= 15 is 0 Å². The number of hydrogen-bond acceptors (Lipinski definition) is 5. The van der Waals surface area contributed by atoms with E-state index in [0.29, 0.717) is 34.8 Å². The van der Waals surface area contributed by atoms with Gasteiger partial charge in [0.2, 0.25) is 6.79 Å². The van der Waals surface area contributed by atoms with Gasteiger partial charge in [-0.05, 0) is 42.8 Å². The molecule has 0 radical (unpaired) electrons. The van der Waals surface area contributed by atoms with Gasteiger partial charge in [0.1, 0.15) is 5.52 Å². The highest BCUT2D eigenvalue weighted by molar-refractivity contribution is 6.06. The Bertz CT molecular complexity index is 1210. The standard InChI is InChI=1S/C22H18N4O3/c1-14-2-4-15(5-3-14)12-26-19-8-6-16(10-18(19)24-25-26)22(27)23-17-7-9-20-21(11-17)29-13-28-20/h2-11H,12-13H2,1H3,(H,23,27). The second-order valence-corrected chi connectivity index (χ2v) is 6.96. The van der Waals surface area contributed by atoms with E-state index in [1.54, 1.807) is 30.3 Å². The molecule has 7 heteroatoms. The summed E-state index contributed by atoms with van der Waals surface area (Å²) in [5.74, 6) is 1.07. The van der Waals surface area contributed by atoms with E-state index in [-0.39, 0.29) is 12.7 Å². The van der Waals surface area contributed by atoms with Crippen molar-refractivity contribution in [3.05, 3.63) is 77.4 Å². The normalized spacial score (nSPS) is 12.3. The maximum Gasteiger partial charge on any atom is 0.255 e. The van der Waals surface area contributed by atoms with Gasteiger partial charge < -0.3 is 14.8 Å². The van der Waals surface area contributed by atoms with Crippen LogP contribution in [0.15, 0.2) is 60.7 Å². The van der Waals surface area contributed by atoms with Crippen LogP contribution in [0.5, 0.6) is 11.5 Å². The van der Waals surface area contributed by atoms with Crippen LogP contribution < -0.4 is 14.8 Å². The van der Waals surface area contributed by atoms with Crippen LogP contribution in [0.4, 0.5) is 5.69 Å². The summed E-state index contributed by atoms with van der Waals surface area (Å²) in [5.41, 5.74) is 5.07. The zero-order chi connectivity index (χ0) is 19.8. The van der Waals surface area contributed by atoms with Gasteiger partial charge in [-0.1, -0.05) is 35.0 Å². The largest absolute Gasteiger partial charge is 0.454 e. The Hall–Kier alpha value is -3.87. The lowest BCUT2D eigenvalue weighted by molar-refractivity contribution is 0.102. The maximum absolute atomic E-state index is 12.6. The van der Waals surface area contributed by atoms with Gasteiger partial charge in [-0.3, -0.25) is 4.79 Å². The van der Waals surface area contributed by atoms with E-state index in [1.807, 2.05) is 10.7 Å². The number of fused-ring (bicyclic) bond motifs is 2. The Balaban J connectivity index is 1.36. The number of benzene rings is 3. The van der Waals surface area contributed by atoms with E-state index in [2.05, 4.69) is 46.8 Å². The Morgan fingerprint density at radius 2 is 1.86 bits per heavy atom. The van der Waals surface area contributed by atoms with E-state index in [9.17, 15) is 4.79 Å². The van der Waals surface area contributed by atoms with Crippen molar-refractivity contribution >= 4 is 22.6 Å². The number of carbonyl (C=O) groups is 1. The number of amides is 1. The fourth-order valence-electron chi connectivity index (χ4n) is 3.27. The first-order chi connectivity index (χ1) is 14.2. The van der Waals surface area contributed by atoms with Gasteiger partial charge in [0.15, 0.2) is 11.5 Å². The van der Waals surface area contributed by atoms with Crippen LogP contribution in [0.25, 0.3) is 11.0 Å². The molecule has 1 aromatic heterocycles. The number of anilines is 1. The zero-order valence-electron chi connectivity index (χ0n) is 15.8. The molecule has 2 heterocycles. The number of nitrogens with one attached hydrogen (secondary N) is 1. The SMILES string of the molecule is Cc1ccc(Cn2nnc3cc(C(=O)Nc4ccc5c(c4)OCO5)ccc32)cc1. The summed E-state index contributed by atoms with van der Waals surface area (Å²) in [5, 5.41) is 11.3. The summed E-state index contributed by atoms with van der Waals surface area (Å²) >= 11 is 0. The van der Waals surface area contributed by atoms with Crippen molar-refractivity contribution in [3.63, 3.8) is 0 Å². The Morgan fingerprint density at radius 1 is 1.03 bits per heavy atom. The molecule has 0 fully saturated rings. The molecule has 1 aliphatic rings. The summed E-state index contributed by atoms with van der Waals surface area (Å²) < 4.78 is 12.5. The highest BCUT2D eigenvalue weighted by Crippen LogP contribution is 2.34. The third-order valence-corrected chi connectivity index (χ3v) is 4.86. The van der Waals surface area contributed by atoms with Crippen LogP contribution >= 0.6 is 0 Å². The summed E-state index contributed by atoms with van der Waals surface area (Å²) in [6, 6.07) is 19.0. The molecule has 1 amide bonds. The molecule has 0 saturated heterocycles. The summed E-state index contributed by atoms with van der Waals surface area (Å²) in [6.45, 7) is 2.88. The lowest BCUT2D eigenvalue weighted by Crippen LogP contribution is -2.11. The molecule has 5 rings (SSSR count). The molecular formula is C22H18N4O3. The van der Waals surface area contributed by atoms with Crippen molar-refractivity contribution in [1.82, 2.24) is 15.0 Å². The van der Waals surface area contributed by atoms with Crippen molar-refractivity contribution in [2.45, 2.75) is 13.5 Å². The predicted octanol–water partition coefficient (Wildman–Crippen LogP) is 3.77. The molecule has 29 heavy (non-hydrogen) atoms. The van der Waals surface area contributed by atoms with Gasteiger partial charge in [0, 0.05) is 17.3 Å². The van der Waals surface area contributed by atoms with Crippen molar-refractivity contribution in [3.8, 4) is 11.5 Å². The summed E-state index contributed by atoms with van der Waals surface area (Å²) in [4.78, 5) is 12.6. The molecule has 0 aliphatic carbocycles. The van der Waals surface area contributed by atoms with Crippen LogP contribution in [0.1, 0.15) is 21.5 Å². The molecule has 0 saturated carbocycles. The van der Waals surface area contributed by atoms with Crippen LogP contribution in [0.2, 0.25) is 0 Å². The van der Waals surface area contributed by atoms with Gasteiger partial charge in [-0.2, -0.15) is 0 Å². The first-order valence-corrected chi connectivity index (χ1v) is 9.25. The quantitative estimate of drug-likeness (QED) is 0.578. The third kappa shape index (κ3) is 3.38. The first-order valence-electron chi connectivity index (χ1n) is 9.25. The second kappa shape index (κ2) is 6.94. The monoisotopic (exact) mass is 386 g/mol. The van der Waals surface area contributed by atoms with E-state index < -0.39 is 0 Å². The van der Waals surface area contributed by atoms with Gasteiger partial charge in [-0.25, -0.2) is 4.68 Å². The molecule has 7 nitrogen and oxygen atoms in total.